The summed E-state index contributed by atoms with van der Waals surface area (Å²) >= 11 is 7.51. The van der Waals surface area contributed by atoms with Gasteiger partial charge in [-0.2, -0.15) is 0 Å². The van der Waals surface area contributed by atoms with E-state index in [1.807, 2.05) is 0 Å². The van der Waals surface area contributed by atoms with Gasteiger partial charge in [0.25, 0.3) is 0 Å². The van der Waals surface area contributed by atoms with Crippen molar-refractivity contribution in [1.82, 2.24) is 10.6 Å². The first-order chi connectivity index (χ1) is 15.4. The lowest BCUT2D eigenvalue weighted by molar-refractivity contribution is -0.205. The molecule has 11 atom stereocenters. The molecule has 12 heteroatoms. The number of thioether (sulfide) groups is 1. The molecule has 3 aliphatic rings. The van der Waals surface area contributed by atoms with Crippen molar-refractivity contribution >= 4 is 29.3 Å². The molecule has 8 nitrogen and oxygen atoms in total. The van der Waals surface area contributed by atoms with Crippen LogP contribution in [-0.2, 0) is 14.3 Å². The van der Waals surface area contributed by atoms with Gasteiger partial charge >= 0.3 is 0 Å². The number of alkyl halides is 3. The second kappa shape index (κ2) is 11.2. The van der Waals surface area contributed by atoms with Gasteiger partial charge in [0.1, 0.15) is 35.9 Å². The van der Waals surface area contributed by atoms with Crippen molar-refractivity contribution < 1.29 is 38.4 Å². The lowest BCUT2D eigenvalue weighted by Crippen LogP contribution is -2.65. The predicted molar refractivity (Wildman–Crippen MR) is 120 cm³/mol. The molecule has 5 N–H and O–H groups in total. The van der Waals surface area contributed by atoms with Crippen LogP contribution in [0.4, 0.5) is 8.78 Å². The van der Waals surface area contributed by atoms with Gasteiger partial charge in [0.15, 0.2) is 0 Å². The van der Waals surface area contributed by atoms with Crippen molar-refractivity contribution in [2.45, 2.75) is 92.4 Å². The number of halogens is 3. The normalized spacial score (nSPS) is 41.7. The fourth-order valence-electron chi connectivity index (χ4n) is 5.16. The van der Waals surface area contributed by atoms with Crippen molar-refractivity contribution in [3.8, 4) is 0 Å². The van der Waals surface area contributed by atoms with Crippen LogP contribution >= 0.6 is 23.4 Å². The topological polar surface area (TPSA) is 120 Å². The molecule has 0 bridgehead atoms. The third kappa shape index (κ3) is 6.49. The monoisotopic (exact) mass is 516 g/mol. The van der Waals surface area contributed by atoms with E-state index in [1.54, 1.807) is 13.2 Å². The van der Waals surface area contributed by atoms with Gasteiger partial charge in [0.2, 0.25) is 11.8 Å². The maximum absolute atomic E-state index is 13.5. The molecule has 0 spiro atoms. The Balaban J connectivity index is 1.68. The smallest absolute Gasteiger partial charge is 0.245 e. The van der Waals surface area contributed by atoms with E-state index in [2.05, 4.69) is 10.6 Å². The van der Waals surface area contributed by atoms with Gasteiger partial charge in [-0.1, -0.05) is 0 Å². The van der Waals surface area contributed by atoms with E-state index in [0.29, 0.717) is 26.0 Å². The average molecular weight is 517 g/mol. The fraction of sp³-hybridized carbons (Fsp3) is 0.952. The number of rotatable bonds is 7. The number of hydrogen-bond acceptors (Lipinski definition) is 8. The van der Waals surface area contributed by atoms with Crippen LogP contribution in [0.2, 0.25) is 0 Å². The van der Waals surface area contributed by atoms with Crippen molar-refractivity contribution in [3.63, 3.8) is 0 Å². The molecule has 3 rings (SSSR count). The van der Waals surface area contributed by atoms with Gasteiger partial charge in [0, 0.05) is 19.6 Å². The molecule has 0 saturated carbocycles. The SMILES string of the molecule is CSC1O[C@H]([C@H](NC(=O)[C@H]2NC[C@@H]3C[C@H](CC(C)(F)F)CCO[C@H]32)[C@H](C)Cl)C(O)C(O)[C@H]1O. The number of nitrogens with one attached hydrogen (secondary N) is 2. The molecule has 3 aliphatic heterocycles. The van der Waals surface area contributed by atoms with Gasteiger partial charge in [-0.3, -0.25) is 4.79 Å². The van der Waals surface area contributed by atoms with Gasteiger partial charge in [0.05, 0.1) is 17.5 Å². The van der Waals surface area contributed by atoms with Crippen LogP contribution in [0.3, 0.4) is 0 Å². The minimum absolute atomic E-state index is 0.0724. The lowest BCUT2D eigenvalue weighted by atomic mass is 9.86. The summed E-state index contributed by atoms with van der Waals surface area (Å²) in [7, 11) is 0. The number of ether oxygens (including phenoxy) is 2. The summed E-state index contributed by atoms with van der Waals surface area (Å²) < 4.78 is 38.7. The molecule has 1 amide bonds. The highest BCUT2D eigenvalue weighted by molar-refractivity contribution is 7.99. The van der Waals surface area contributed by atoms with Crippen LogP contribution in [0, 0.1) is 11.8 Å². The van der Waals surface area contributed by atoms with Crippen LogP contribution in [0.25, 0.3) is 0 Å². The first kappa shape index (κ1) is 27.3. The Morgan fingerprint density at radius 1 is 1.30 bits per heavy atom. The highest BCUT2D eigenvalue weighted by Crippen LogP contribution is 2.36. The fourth-order valence-corrected chi connectivity index (χ4v) is 6.05. The Kier molecular flexibility index (Phi) is 9.27. The summed E-state index contributed by atoms with van der Waals surface area (Å²) in [4.78, 5) is 13.2. The standard InChI is InChI=1S/C21H35ClF2N2O6S/c1-9(22)12(18-15(28)14(27)16(29)20(32-18)33-3)26-19(30)13-17-11(8-25-13)6-10(4-5-31-17)7-21(2,23)24/h9-18,20,25,27-29H,4-8H2,1-3H3,(H,26,30)/t9-,10+,11-,12+,13-,14?,15?,16+,17+,18+,20?/m0/s1. The second-order valence-electron chi connectivity index (χ2n) is 9.53. The first-order valence-electron chi connectivity index (χ1n) is 11.3. The molecule has 0 aromatic heterocycles. The van der Waals surface area contributed by atoms with Crippen molar-refractivity contribution in [2.24, 2.45) is 11.8 Å². The van der Waals surface area contributed by atoms with Crippen LogP contribution in [0.15, 0.2) is 0 Å². The van der Waals surface area contributed by atoms with Crippen LogP contribution in [0.5, 0.6) is 0 Å². The molecule has 3 saturated heterocycles. The number of carbonyl (C=O) groups excluding carboxylic acids is 1. The van der Waals surface area contributed by atoms with Crippen molar-refractivity contribution in [1.29, 1.82) is 0 Å². The molecule has 0 aliphatic carbocycles. The van der Waals surface area contributed by atoms with Gasteiger partial charge in [-0.15, -0.1) is 23.4 Å². The minimum Gasteiger partial charge on any atom is -0.388 e. The van der Waals surface area contributed by atoms with E-state index in [9.17, 15) is 28.9 Å². The van der Waals surface area contributed by atoms with E-state index in [0.717, 1.165) is 6.92 Å². The Morgan fingerprint density at radius 3 is 2.61 bits per heavy atom. The van der Waals surface area contributed by atoms with Gasteiger partial charge < -0.3 is 35.4 Å². The molecular formula is C21H35ClF2N2O6S. The van der Waals surface area contributed by atoms with E-state index in [4.69, 9.17) is 21.1 Å². The molecule has 33 heavy (non-hydrogen) atoms. The largest absolute Gasteiger partial charge is 0.388 e. The highest BCUT2D eigenvalue weighted by atomic mass is 35.5. The van der Waals surface area contributed by atoms with Crippen molar-refractivity contribution in [2.75, 3.05) is 19.4 Å². The number of hydrogen-bond donors (Lipinski definition) is 5. The van der Waals surface area contributed by atoms with E-state index in [-0.39, 0.29) is 18.3 Å². The number of carbonyl (C=O) groups is 1. The molecule has 3 fully saturated rings. The maximum atomic E-state index is 13.5. The molecule has 0 aromatic rings. The number of aliphatic hydroxyl groups excluding tert-OH is 3. The molecule has 3 unspecified atom stereocenters. The third-order valence-electron chi connectivity index (χ3n) is 6.79. The summed E-state index contributed by atoms with van der Waals surface area (Å²) in [5.74, 6) is -3.40. The van der Waals surface area contributed by atoms with Crippen LogP contribution in [-0.4, -0.2) is 100.0 Å². The van der Waals surface area contributed by atoms with Gasteiger partial charge in [-0.05, 0) is 44.8 Å². The van der Waals surface area contributed by atoms with Crippen LogP contribution < -0.4 is 10.6 Å². The number of aliphatic hydroxyl groups is 3. The van der Waals surface area contributed by atoms with Crippen LogP contribution in [0.1, 0.15) is 33.1 Å². The molecule has 0 radical (unpaired) electrons. The summed E-state index contributed by atoms with van der Waals surface area (Å²) in [6.07, 6.45) is -3.14. The first-order valence-corrected chi connectivity index (χ1v) is 13.0. The lowest BCUT2D eigenvalue weighted by Gasteiger charge is -2.44. The van der Waals surface area contributed by atoms with E-state index < -0.39 is 65.2 Å². The zero-order chi connectivity index (χ0) is 24.5. The molecule has 192 valence electrons. The molecule has 3 heterocycles. The Hall–Kier alpha value is -0.270. The van der Waals surface area contributed by atoms with E-state index >= 15 is 0 Å². The Bertz CT molecular complexity index is 673. The summed E-state index contributed by atoms with van der Waals surface area (Å²) in [5.41, 5.74) is -0.795. The van der Waals surface area contributed by atoms with E-state index in [1.165, 1.54) is 11.8 Å². The number of fused-ring (bicyclic) bond motifs is 1. The Morgan fingerprint density at radius 2 is 2.00 bits per heavy atom. The zero-order valence-corrected chi connectivity index (χ0v) is 20.6. The average Bonchev–Trinajstić information content (AvgIpc) is 3.01. The Labute approximate surface area is 202 Å². The zero-order valence-electron chi connectivity index (χ0n) is 19.0. The maximum Gasteiger partial charge on any atom is 0.245 e. The molecule has 0 aromatic carbocycles. The van der Waals surface area contributed by atoms with Gasteiger partial charge in [-0.25, -0.2) is 8.78 Å². The predicted octanol–water partition coefficient (Wildman–Crippen LogP) is 0.698. The highest BCUT2D eigenvalue weighted by Gasteiger charge is 2.49. The van der Waals surface area contributed by atoms with Crippen molar-refractivity contribution in [3.05, 3.63) is 0 Å². The quantitative estimate of drug-likeness (QED) is 0.314. The minimum atomic E-state index is -2.75. The summed E-state index contributed by atoms with van der Waals surface area (Å²) in [5, 5.41) is 36.2. The number of amides is 1. The summed E-state index contributed by atoms with van der Waals surface area (Å²) in [6, 6.07) is -1.56. The summed E-state index contributed by atoms with van der Waals surface area (Å²) in [6.45, 7) is 3.33. The third-order valence-corrected chi connectivity index (χ3v) is 7.92. The molecular weight excluding hydrogens is 482 g/mol. The second-order valence-corrected chi connectivity index (χ2v) is 11.2.